The molecule has 10 nitrogen and oxygen atoms in total. The SMILES string of the molecule is Cc1csc([C@H]2CCCN2C(=O)c2cc(C(=O)NC(Cc3ccccc3)[C@H](O)[C@H]3C[C@@H](O)CN3)cc(-c3ncco3)c2)n1. The van der Waals surface area contributed by atoms with E-state index in [0.717, 1.165) is 29.1 Å². The summed E-state index contributed by atoms with van der Waals surface area (Å²) in [5.74, 6) is -0.334. The monoisotopic (exact) mass is 601 g/mol. The normalized spacial score (nSPS) is 21.6. The number of aryl methyl sites for hydroxylation is 1. The third-order valence-corrected chi connectivity index (χ3v) is 9.20. The Hall–Kier alpha value is -3.90. The van der Waals surface area contributed by atoms with Gasteiger partial charge >= 0.3 is 0 Å². The zero-order valence-electron chi connectivity index (χ0n) is 23.8. The van der Waals surface area contributed by atoms with Crippen LogP contribution in [-0.4, -0.2) is 74.3 Å². The summed E-state index contributed by atoms with van der Waals surface area (Å²) in [7, 11) is 0. The molecule has 0 spiro atoms. The number of benzene rings is 2. The number of likely N-dealkylation sites (tertiary alicyclic amines) is 1. The van der Waals surface area contributed by atoms with Crippen molar-refractivity contribution in [3.8, 4) is 11.5 Å². The molecule has 4 N–H and O–H groups in total. The zero-order valence-corrected chi connectivity index (χ0v) is 24.7. The minimum absolute atomic E-state index is 0.117. The average Bonchev–Trinajstić information content (AvgIpc) is 3.84. The predicted octanol–water partition coefficient (Wildman–Crippen LogP) is 3.51. The fourth-order valence-electron chi connectivity index (χ4n) is 5.99. The molecule has 2 aliphatic rings. The van der Waals surface area contributed by atoms with Gasteiger partial charge in [0.15, 0.2) is 0 Å². The summed E-state index contributed by atoms with van der Waals surface area (Å²) in [6, 6.07) is 13.4. The number of amides is 2. The molecule has 2 saturated heterocycles. The van der Waals surface area contributed by atoms with E-state index in [2.05, 4.69) is 20.6 Å². The second-order valence-corrected chi connectivity index (χ2v) is 12.2. The summed E-state index contributed by atoms with van der Waals surface area (Å²) in [5, 5.41) is 30.5. The molecule has 2 aliphatic heterocycles. The van der Waals surface area contributed by atoms with E-state index in [-0.39, 0.29) is 23.6 Å². The van der Waals surface area contributed by atoms with Gasteiger partial charge in [0.25, 0.3) is 11.8 Å². The number of aliphatic hydroxyl groups excluding tert-OH is 2. The Labute approximate surface area is 253 Å². The molecule has 0 aliphatic carbocycles. The second-order valence-electron chi connectivity index (χ2n) is 11.3. The average molecular weight is 602 g/mol. The highest BCUT2D eigenvalue weighted by Gasteiger charge is 2.35. The molecule has 2 fully saturated rings. The summed E-state index contributed by atoms with van der Waals surface area (Å²) in [5.41, 5.74) is 2.99. The van der Waals surface area contributed by atoms with Crippen LogP contribution in [0.25, 0.3) is 11.5 Å². The first-order chi connectivity index (χ1) is 20.9. The van der Waals surface area contributed by atoms with Crippen molar-refractivity contribution in [2.24, 2.45) is 0 Å². The van der Waals surface area contributed by atoms with Crippen LogP contribution in [0.15, 0.2) is 70.8 Å². The molecule has 4 aromatic rings. The van der Waals surface area contributed by atoms with E-state index in [4.69, 9.17) is 4.42 Å². The van der Waals surface area contributed by atoms with E-state index in [1.165, 1.54) is 12.5 Å². The van der Waals surface area contributed by atoms with Gasteiger partial charge in [0.1, 0.15) is 11.3 Å². The number of rotatable bonds is 9. The minimum Gasteiger partial charge on any atom is -0.445 e. The molecule has 4 heterocycles. The molecule has 1 unspecified atom stereocenters. The van der Waals surface area contributed by atoms with Gasteiger partial charge in [0.05, 0.1) is 30.5 Å². The number of hydrogen-bond acceptors (Lipinski definition) is 9. The molecule has 0 saturated carbocycles. The van der Waals surface area contributed by atoms with Gasteiger partial charge in [-0.05, 0) is 56.4 Å². The molecule has 2 aromatic carbocycles. The van der Waals surface area contributed by atoms with Crippen LogP contribution in [0.2, 0.25) is 0 Å². The Morgan fingerprint density at radius 1 is 1.21 bits per heavy atom. The van der Waals surface area contributed by atoms with Crippen molar-refractivity contribution in [2.45, 2.75) is 62.9 Å². The second kappa shape index (κ2) is 12.8. The lowest BCUT2D eigenvalue weighted by atomic mass is 9.94. The van der Waals surface area contributed by atoms with Crippen LogP contribution in [0.5, 0.6) is 0 Å². The number of hydrogen-bond donors (Lipinski definition) is 4. The number of carbonyl (C=O) groups excluding carboxylic acids is 2. The Kier molecular flexibility index (Phi) is 8.66. The number of aliphatic hydroxyl groups is 2. The van der Waals surface area contributed by atoms with Gasteiger partial charge in [0, 0.05) is 46.9 Å². The number of nitrogens with zero attached hydrogens (tertiary/aromatic N) is 3. The fraction of sp³-hybridized carbons (Fsp3) is 0.375. The first-order valence-electron chi connectivity index (χ1n) is 14.6. The van der Waals surface area contributed by atoms with Gasteiger partial charge < -0.3 is 30.2 Å². The van der Waals surface area contributed by atoms with Gasteiger partial charge in [0.2, 0.25) is 5.89 Å². The number of thiazole rings is 1. The van der Waals surface area contributed by atoms with Crippen LogP contribution in [0, 0.1) is 6.92 Å². The number of aromatic nitrogens is 2. The zero-order chi connectivity index (χ0) is 29.9. The largest absolute Gasteiger partial charge is 0.445 e. The molecule has 0 radical (unpaired) electrons. The summed E-state index contributed by atoms with van der Waals surface area (Å²) >= 11 is 1.55. The predicted molar refractivity (Wildman–Crippen MR) is 162 cm³/mol. The molecular formula is C32H35N5O5S. The van der Waals surface area contributed by atoms with Crippen LogP contribution in [0.4, 0.5) is 0 Å². The van der Waals surface area contributed by atoms with Crippen LogP contribution >= 0.6 is 11.3 Å². The smallest absolute Gasteiger partial charge is 0.254 e. The van der Waals surface area contributed by atoms with Crippen molar-refractivity contribution in [1.29, 1.82) is 0 Å². The summed E-state index contributed by atoms with van der Waals surface area (Å²) in [6.07, 6.45) is 3.91. The third-order valence-electron chi connectivity index (χ3n) is 8.14. The molecular weight excluding hydrogens is 566 g/mol. The molecule has 5 atom stereocenters. The maximum atomic E-state index is 14.0. The molecule has 6 rings (SSSR count). The molecule has 0 bridgehead atoms. The number of nitrogens with one attached hydrogen (secondary N) is 2. The number of oxazole rings is 1. The van der Waals surface area contributed by atoms with Crippen molar-refractivity contribution in [3.05, 3.63) is 93.8 Å². The highest BCUT2D eigenvalue weighted by atomic mass is 32.1. The van der Waals surface area contributed by atoms with E-state index < -0.39 is 24.2 Å². The Bertz CT molecular complexity index is 1560. The van der Waals surface area contributed by atoms with E-state index in [1.54, 1.807) is 29.5 Å². The molecule has 224 valence electrons. The lowest BCUT2D eigenvalue weighted by Gasteiger charge is -2.29. The van der Waals surface area contributed by atoms with Gasteiger partial charge in [-0.15, -0.1) is 11.3 Å². The molecule has 43 heavy (non-hydrogen) atoms. The van der Waals surface area contributed by atoms with Crippen LogP contribution in [0.3, 0.4) is 0 Å². The van der Waals surface area contributed by atoms with Gasteiger partial charge in [-0.2, -0.15) is 0 Å². The third kappa shape index (κ3) is 6.54. The molecule has 2 amide bonds. The van der Waals surface area contributed by atoms with E-state index in [9.17, 15) is 19.8 Å². The highest BCUT2D eigenvalue weighted by molar-refractivity contribution is 7.09. The van der Waals surface area contributed by atoms with E-state index >= 15 is 0 Å². The minimum atomic E-state index is -0.954. The standard InChI is InChI=1S/C32H35N5O5S/c1-19-18-43-31(35-19)27-8-5-10-37(27)32(41)23-14-21(13-22(15-23)30-33-9-11-42-30)29(40)36-26(12-20-6-3-2-4-7-20)28(39)25-16-24(38)17-34-25/h2-4,6-7,9,11,13-15,18,24-28,34,38-39H,5,8,10,12,16-17H2,1H3,(H,36,40)/t24-,25-,26?,27-,28-/m1/s1. The van der Waals surface area contributed by atoms with Crippen molar-refractivity contribution in [2.75, 3.05) is 13.1 Å². The van der Waals surface area contributed by atoms with Crippen LogP contribution in [-0.2, 0) is 6.42 Å². The van der Waals surface area contributed by atoms with Crippen LogP contribution in [0.1, 0.15) is 62.3 Å². The highest BCUT2D eigenvalue weighted by Crippen LogP contribution is 2.35. The number of β-amino-alcohol motifs (C(OH)–C–C–N with tert-alkyl or cyclic N) is 1. The summed E-state index contributed by atoms with van der Waals surface area (Å²) in [4.78, 5) is 38.5. The maximum absolute atomic E-state index is 14.0. The van der Waals surface area contributed by atoms with Gasteiger partial charge in [-0.25, -0.2) is 9.97 Å². The Balaban J connectivity index is 1.30. The quantitative estimate of drug-likeness (QED) is 0.229. The Morgan fingerprint density at radius 2 is 2.02 bits per heavy atom. The van der Waals surface area contributed by atoms with Crippen molar-refractivity contribution in [3.63, 3.8) is 0 Å². The van der Waals surface area contributed by atoms with Gasteiger partial charge in [-0.3, -0.25) is 9.59 Å². The van der Waals surface area contributed by atoms with Crippen molar-refractivity contribution < 1.29 is 24.2 Å². The maximum Gasteiger partial charge on any atom is 0.254 e. The first-order valence-corrected chi connectivity index (χ1v) is 15.5. The van der Waals surface area contributed by atoms with Crippen molar-refractivity contribution >= 4 is 23.2 Å². The molecule has 2 aromatic heterocycles. The fourth-order valence-corrected chi connectivity index (χ4v) is 6.94. The van der Waals surface area contributed by atoms with Gasteiger partial charge in [-0.1, -0.05) is 30.3 Å². The summed E-state index contributed by atoms with van der Waals surface area (Å²) < 4.78 is 5.54. The summed E-state index contributed by atoms with van der Waals surface area (Å²) in [6.45, 7) is 2.92. The van der Waals surface area contributed by atoms with E-state index in [1.807, 2.05) is 47.5 Å². The number of carbonyl (C=O) groups is 2. The lowest BCUT2D eigenvalue weighted by Crippen LogP contribution is -2.52. The topological polar surface area (TPSA) is 141 Å². The Morgan fingerprint density at radius 3 is 2.72 bits per heavy atom. The first kappa shape index (κ1) is 29.2. The lowest BCUT2D eigenvalue weighted by molar-refractivity contribution is 0.0714. The van der Waals surface area contributed by atoms with Crippen LogP contribution < -0.4 is 10.6 Å². The van der Waals surface area contributed by atoms with E-state index in [0.29, 0.717) is 42.9 Å². The molecule has 11 heteroatoms. The van der Waals surface area contributed by atoms with Crippen molar-refractivity contribution in [1.82, 2.24) is 25.5 Å².